The molecule has 16 heavy (non-hydrogen) atoms. The summed E-state index contributed by atoms with van der Waals surface area (Å²) in [6, 6.07) is 6.68. The molecule has 0 fully saturated rings. The number of hydrogen-bond acceptors (Lipinski definition) is 4. The van der Waals surface area contributed by atoms with E-state index in [9.17, 15) is 8.42 Å². The van der Waals surface area contributed by atoms with Gasteiger partial charge in [0, 0.05) is 15.7 Å². The summed E-state index contributed by atoms with van der Waals surface area (Å²) in [5.74, 6) is 0. The van der Waals surface area contributed by atoms with Gasteiger partial charge in [-0.1, -0.05) is 16.8 Å². The normalized spacial score (nSPS) is 11.6. The highest BCUT2D eigenvalue weighted by molar-refractivity contribution is 8.13. The molecule has 0 unspecified atom stereocenters. The molecule has 84 valence electrons. The first-order chi connectivity index (χ1) is 7.47. The highest BCUT2D eigenvalue weighted by atomic mass is 35.7. The number of hydrogen-bond donors (Lipinski definition) is 0. The molecule has 2 rings (SSSR count). The van der Waals surface area contributed by atoms with Gasteiger partial charge in [-0.3, -0.25) is 0 Å². The lowest BCUT2D eigenvalue weighted by molar-refractivity contribution is 0.605. The maximum Gasteiger partial charge on any atom is 0.282 e. The molecule has 0 aliphatic carbocycles. The SMILES string of the molecule is O=S(=O)(Cl)c1cn(-c2ccc(Cl)cc2)nn1. The molecule has 0 bridgehead atoms. The topological polar surface area (TPSA) is 64.8 Å². The lowest BCUT2D eigenvalue weighted by atomic mass is 10.3. The Morgan fingerprint density at radius 3 is 2.31 bits per heavy atom. The van der Waals surface area contributed by atoms with Gasteiger partial charge in [0.25, 0.3) is 9.05 Å². The number of rotatable bonds is 2. The van der Waals surface area contributed by atoms with E-state index in [0.29, 0.717) is 10.7 Å². The standard InChI is InChI=1S/C8H5Cl2N3O2S/c9-6-1-3-7(4-2-6)13-5-8(11-12-13)16(10,14)15/h1-5H. The van der Waals surface area contributed by atoms with Crippen LogP contribution in [0.5, 0.6) is 0 Å². The van der Waals surface area contributed by atoms with Crippen molar-refractivity contribution in [2.75, 3.05) is 0 Å². The highest BCUT2D eigenvalue weighted by Gasteiger charge is 2.15. The molecule has 1 aromatic heterocycles. The van der Waals surface area contributed by atoms with Crippen LogP contribution < -0.4 is 0 Å². The molecule has 0 atom stereocenters. The zero-order valence-electron chi connectivity index (χ0n) is 7.71. The smallest absolute Gasteiger partial charge is 0.219 e. The summed E-state index contributed by atoms with van der Waals surface area (Å²) in [6.07, 6.45) is 1.23. The van der Waals surface area contributed by atoms with Crippen LogP contribution in [0.3, 0.4) is 0 Å². The van der Waals surface area contributed by atoms with Gasteiger partial charge in [-0.05, 0) is 24.3 Å². The maximum atomic E-state index is 11.0. The molecular formula is C8H5Cl2N3O2S. The predicted molar refractivity (Wildman–Crippen MR) is 59.4 cm³/mol. The van der Waals surface area contributed by atoms with E-state index in [4.69, 9.17) is 22.3 Å². The average molecular weight is 278 g/mol. The van der Waals surface area contributed by atoms with Crippen molar-refractivity contribution in [3.63, 3.8) is 0 Å². The Hall–Kier alpha value is -1.11. The van der Waals surface area contributed by atoms with Gasteiger partial charge in [0.1, 0.15) is 0 Å². The summed E-state index contributed by atoms with van der Waals surface area (Å²) >= 11 is 5.71. The minimum absolute atomic E-state index is 0.288. The summed E-state index contributed by atoms with van der Waals surface area (Å²) in [7, 11) is 1.27. The molecule has 0 saturated heterocycles. The Balaban J connectivity index is 2.43. The van der Waals surface area contributed by atoms with Crippen LogP contribution in [0.4, 0.5) is 0 Å². The first kappa shape index (κ1) is 11.4. The van der Waals surface area contributed by atoms with Gasteiger partial charge in [-0.15, -0.1) is 5.10 Å². The zero-order chi connectivity index (χ0) is 11.8. The number of aromatic nitrogens is 3. The summed E-state index contributed by atoms with van der Waals surface area (Å²) in [6.45, 7) is 0. The molecule has 0 amide bonds. The van der Waals surface area contributed by atoms with Crippen LogP contribution >= 0.6 is 22.3 Å². The third kappa shape index (κ3) is 2.34. The van der Waals surface area contributed by atoms with Gasteiger partial charge < -0.3 is 0 Å². The van der Waals surface area contributed by atoms with Crippen molar-refractivity contribution in [2.45, 2.75) is 5.03 Å². The minimum Gasteiger partial charge on any atom is -0.219 e. The highest BCUT2D eigenvalue weighted by Crippen LogP contribution is 2.15. The van der Waals surface area contributed by atoms with E-state index in [0.717, 1.165) is 0 Å². The molecule has 1 heterocycles. The molecule has 5 nitrogen and oxygen atoms in total. The second-order valence-corrected chi connectivity index (χ2v) is 5.86. The summed E-state index contributed by atoms with van der Waals surface area (Å²) < 4.78 is 23.2. The average Bonchev–Trinajstić information content (AvgIpc) is 2.67. The first-order valence-electron chi connectivity index (χ1n) is 4.10. The molecular weight excluding hydrogens is 273 g/mol. The van der Waals surface area contributed by atoms with Gasteiger partial charge in [-0.2, -0.15) is 0 Å². The van der Waals surface area contributed by atoms with Crippen LogP contribution in [0.1, 0.15) is 0 Å². The predicted octanol–water partition coefficient (Wildman–Crippen LogP) is 1.85. The quantitative estimate of drug-likeness (QED) is 0.786. The van der Waals surface area contributed by atoms with Crippen LogP contribution in [0, 0.1) is 0 Å². The third-order valence-electron chi connectivity index (χ3n) is 1.81. The van der Waals surface area contributed by atoms with Gasteiger partial charge in [-0.25, -0.2) is 13.1 Å². The van der Waals surface area contributed by atoms with Crippen molar-refractivity contribution >= 4 is 31.3 Å². The van der Waals surface area contributed by atoms with Crippen molar-refractivity contribution < 1.29 is 8.42 Å². The molecule has 0 aliphatic heterocycles. The van der Waals surface area contributed by atoms with Gasteiger partial charge in [0.15, 0.2) is 0 Å². The fraction of sp³-hybridized carbons (Fsp3) is 0. The number of nitrogens with zero attached hydrogens (tertiary/aromatic N) is 3. The maximum absolute atomic E-state index is 11.0. The largest absolute Gasteiger partial charge is 0.282 e. The summed E-state index contributed by atoms with van der Waals surface area (Å²) in [5.41, 5.74) is 0.642. The monoisotopic (exact) mass is 277 g/mol. The van der Waals surface area contributed by atoms with Crippen molar-refractivity contribution in [3.05, 3.63) is 35.5 Å². The third-order valence-corrected chi connectivity index (χ3v) is 3.23. The van der Waals surface area contributed by atoms with Gasteiger partial charge in [0.2, 0.25) is 5.03 Å². The lowest BCUT2D eigenvalue weighted by Crippen LogP contribution is -1.93. The van der Waals surface area contributed by atoms with E-state index in [-0.39, 0.29) is 5.03 Å². The number of halogens is 2. The van der Waals surface area contributed by atoms with Gasteiger partial charge in [0.05, 0.1) is 11.9 Å². The van der Waals surface area contributed by atoms with Crippen molar-refractivity contribution in [1.29, 1.82) is 0 Å². The Labute approximate surface area is 101 Å². The van der Waals surface area contributed by atoms with E-state index >= 15 is 0 Å². The Kier molecular flexibility index (Phi) is 2.88. The van der Waals surface area contributed by atoms with Crippen LogP contribution in [-0.4, -0.2) is 23.4 Å². The van der Waals surface area contributed by atoms with Crippen molar-refractivity contribution in [1.82, 2.24) is 15.0 Å². The fourth-order valence-corrected chi connectivity index (χ4v) is 1.78. The second-order valence-electron chi connectivity index (χ2n) is 2.92. The van der Waals surface area contributed by atoms with E-state index in [1.165, 1.54) is 10.9 Å². The minimum atomic E-state index is -3.85. The summed E-state index contributed by atoms with van der Waals surface area (Å²) in [4.78, 5) is 0. The van der Waals surface area contributed by atoms with Crippen molar-refractivity contribution in [2.24, 2.45) is 0 Å². The van der Waals surface area contributed by atoms with Crippen LogP contribution in [0.15, 0.2) is 35.5 Å². The Bertz CT molecular complexity index is 606. The molecule has 0 spiro atoms. The Morgan fingerprint density at radius 2 is 1.81 bits per heavy atom. The number of benzene rings is 1. The Morgan fingerprint density at radius 1 is 1.19 bits per heavy atom. The van der Waals surface area contributed by atoms with E-state index in [1.54, 1.807) is 24.3 Å². The summed E-state index contributed by atoms with van der Waals surface area (Å²) in [5, 5.41) is 7.38. The molecule has 2 aromatic rings. The molecule has 8 heteroatoms. The second kappa shape index (κ2) is 4.04. The zero-order valence-corrected chi connectivity index (χ0v) is 10.0. The van der Waals surface area contributed by atoms with E-state index in [2.05, 4.69) is 10.3 Å². The van der Waals surface area contributed by atoms with Crippen LogP contribution in [0.25, 0.3) is 5.69 Å². The molecule has 0 saturated carbocycles. The molecule has 0 aliphatic rings. The van der Waals surface area contributed by atoms with Crippen molar-refractivity contribution in [3.8, 4) is 5.69 Å². The molecule has 0 N–H and O–H groups in total. The van der Waals surface area contributed by atoms with E-state index in [1.807, 2.05) is 0 Å². The first-order valence-corrected chi connectivity index (χ1v) is 6.78. The van der Waals surface area contributed by atoms with E-state index < -0.39 is 9.05 Å². The van der Waals surface area contributed by atoms with Crippen LogP contribution in [-0.2, 0) is 9.05 Å². The van der Waals surface area contributed by atoms with Gasteiger partial charge >= 0.3 is 0 Å². The lowest BCUT2D eigenvalue weighted by Gasteiger charge is -1.98. The fourth-order valence-electron chi connectivity index (χ4n) is 1.08. The van der Waals surface area contributed by atoms with Crippen LogP contribution in [0.2, 0.25) is 5.02 Å². The molecule has 0 radical (unpaired) electrons. The molecule has 1 aromatic carbocycles.